The van der Waals surface area contributed by atoms with Gasteiger partial charge in [0.25, 0.3) is 0 Å². The van der Waals surface area contributed by atoms with Gasteiger partial charge in [-0.2, -0.15) is 0 Å². The van der Waals surface area contributed by atoms with E-state index < -0.39 is 0 Å². The molecule has 3 rings (SSSR count). The average Bonchev–Trinajstić information content (AvgIpc) is 2.48. The largest absolute Gasteiger partial charge is 0.492 e. The second-order valence-corrected chi connectivity index (χ2v) is 5.87. The molecule has 0 saturated carbocycles. The van der Waals surface area contributed by atoms with Gasteiger partial charge in [0.05, 0.1) is 17.7 Å². The van der Waals surface area contributed by atoms with Gasteiger partial charge >= 0.3 is 6.03 Å². The van der Waals surface area contributed by atoms with Crippen LogP contribution in [0.5, 0.6) is 5.75 Å². The van der Waals surface area contributed by atoms with Crippen LogP contribution in [0.25, 0.3) is 0 Å². The summed E-state index contributed by atoms with van der Waals surface area (Å²) in [7, 11) is 0. The van der Waals surface area contributed by atoms with E-state index in [1.165, 1.54) is 0 Å². The molecular formula is C14H12BrClN4O2. The van der Waals surface area contributed by atoms with Gasteiger partial charge in [-0.3, -0.25) is 5.32 Å². The summed E-state index contributed by atoms with van der Waals surface area (Å²) in [5.74, 6) is 0.852. The molecule has 0 saturated heterocycles. The summed E-state index contributed by atoms with van der Waals surface area (Å²) in [6.07, 6.45) is 2.22. The van der Waals surface area contributed by atoms with Crippen LogP contribution in [-0.4, -0.2) is 22.6 Å². The Morgan fingerprint density at radius 2 is 2.27 bits per heavy atom. The smallest absolute Gasteiger partial charge is 0.322 e. The third kappa shape index (κ3) is 3.31. The van der Waals surface area contributed by atoms with E-state index in [-0.39, 0.29) is 18.0 Å². The van der Waals surface area contributed by atoms with Crippen molar-refractivity contribution >= 4 is 39.5 Å². The maximum Gasteiger partial charge on any atom is 0.322 e. The van der Waals surface area contributed by atoms with E-state index in [9.17, 15) is 4.79 Å². The topological polar surface area (TPSA) is 76.1 Å². The molecule has 1 aliphatic rings. The molecule has 2 aromatic rings. The fraction of sp³-hybridized carbons (Fsp3) is 0.214. The Morgan fingerprint density at radius 3 is 3.09 bits per heavy atom. The number of hydrogen-bond donors (Lipinski definition) is 2. The van der Waals surface area contributed by atoms with Crippen molar-refractivity contribution in [1.82, 2.24) is 15.3 Å². The van der Waals surface area contributed by atoms with E-state index in [4.69, 9.17) is 16.3 Å². The quantitative estimate of drug-likeness (QED) is 0.778. The zero-order valence-corrected chi connectivity index (χ0v) is 13.7. The minimum absolute atomic E-state index is 0.172. The van der Waals surface area contributed by atoms with E-state index >= 15 is 0 Å². The Morgan fingerprint density at radius 1 is 1.41 bits per heavy atom. The van der Waals surface area contributed by atoms with Gasteiger partial charge < -0.3 is 10.1 Å². The Balaban J connectivity index is 1.72. The maximum atomic E-state index is 12.1. The van der Waals surface area contributed by atoms with Gasteiger partial charge in [0.2, 0.25) is 5.95 Å². The highest BCUT2D eigenvalue weighted by Gasteiger charge is 2.24. The van der Waals surface area contributed by atoms with Crippen LogP contribution in [0.3, 0.4) is 0 Å². The molecule has 6 nitrogen and oxygen atoms in total. The Labute approximate surface area is 140 Å². The first kappa shape index (κ1) is 15.1. The number of ether oxygens (including phenoxy) is 1. The highest BCUT2D eigenvalue weighted by molar-refractivity contribution is 9.10. The standard InChI is InChI=1S/C14H12BrClN4O2/c15-11-4-6-17-13(19-11)20-14(21)18-10-5-7-22-12-8(10)2-1-3-9(12)16/h1-4,6,10H,5,7H2,(H2,17,18,19,20,21)/t10-/m0/s1. The number of para-hydroxylation sites is 1. The van der Waals surface area contributed by atoms with Gasteiger partial charge in [-0.15, -0.1) is 0 Å². The molecule has 1 aliphatic heterocycles. The lowest BCUT2D eigenvalue weighted by atomic mass is 10.0. The van der Waals surface area contributed by atoms with Crippen molar-refractivity contribution < 1.29 is 9.53 Å². The second kappa shape index (κ2) is 6.50. The van der Waals surface area contributed by atoms with Crippen LogP contribution < -0.4 is 15.4 Å². The number of nitrogens with zero attached hydrogens (tertiary/aromatic N) is 2. The van der Waals surface area contributed by atoms with E-state index in [1.807, 2.05) is 12.1 Å². The minimum Gasteiger partial charge on any atom is -0.492 e. The number of nitrogens with one attached hydrogen (secondary N) is 2. The molecule has 0 fully saturated rings. The molecule has 0 radical (unpaired) electrons. The van der Waals surface area contributed by atoms with Crippen molar-refractivity contribution in [3.63, 3.8) is 0 Å². The molecule has 0 unspecified atom stereocenters. The number of carbonyl (C=O) groups is 1. The van der Waals surface area contributed by atoms with E-state index in [0.717, 1.165) is 5.56 Å². The van der Waals surface area contributed by atoms with Crippen molar-refractivity contribution in [2.45, 2.75) is 12.5 Å². The third-order valence-electron chi connectivity index (χ3n) is 3.18. The molecule has 2 heterocycles. The first-order valence-corrected chi connectivity index (χ1v) is 7.78. The summed E-state index contributed by atoms with van der Waals surface area (Å²) in [5, 5.41) is 6.03. The molecule has 8 heteroatoms. The number of aromatic nitrogens is 2. The highest BCUT2D eigenvalue weighted by atomic mass is 79.9. The van der Waals surface area contributed by atoms with Crippen LogP contribution in [0.2, 0.25) is 5.02 Å². The first-order chi connectivity index (χ1) is 10.6. The minimum atomic E-state index is -0.379. The lowest BCUT2D eigenvalue weighted by molar-refractivity contribution is 0.232. The molecule has 1 aromatic heterocycles. The number of amides is 2. The lowest BCUT2D eigenvalue weighted by Gasteiger charge is -2.27. The predicted octanol–water partition coefficient (Wildman–Crippen LogP) is 3.54. The normalized spacial score (nSPS) is 16.4. The zero-order chi connectivity index (χ0) is 15.5. The highest BCUT2D eigenvalue weighted by Crippen LogP contribution is 2.37. The third-order valence-corrected chi connectivity index (χ3v) is 3.92. The van der Waals surface area contributed by atoms with Crippen molar-refractivity contribution in [2.24, 2.45) is 0 Å². The molecule has 1 aromatic carbocycles. The Kier molecular flexibility index (Phi) is 4.44. The summed E-state index contributed by atoms with van der Waals surface area (Å²) < 4.78 is 6.16. The number of carbonyl (C=O) groups excluding carboxylic acids is 1. The van der Waals surface area contributed by atoms with Crippen LogP contribution in [-0.2, 0) is 0 Å². The molecule has 2 N–H and O–H groups in total. The monoisotopic (exact) mass is 382 g/mol. The first-order valence-electron chi connectivity index (χ1n) is 6.61. The Bertz CT molecular complexity index is 713. The number of urea groups is 1. The summed E-state index contributed by atoms with van der Waals surface area (Å²) in [6.45, 7) is 0.495. The number of fused-ring (bicyclic) bond motifs is 1. The second-order valence-electron chi connectivity index (χ2n) is 4.65. The molecule has 1 atom stereocenters. The summed E-state index contributed by atoms with van der Waals surface area (Å²) in [6, 6.07) is 6.61. The SMILES string of the molecule is O=C(Nc1nccc(Br)n1)N[C@H]1CCOc2c(Cl)cccc21. The molecular weight excluding hydrogens is 372 g/mol. The molecule has 114 valence electrons. The van der Waals surface area contributed by atoms with Crippen molar-refractivity contribution in [1.29, 1.82) is 0 Å². The fourth-order valence-corrected chi connectivity index (χ4v) is 2.75. The summed E-state index contributed by atoms with van der Waals surface area (Å²) >= 11 is 9.34. The number of halogens is 2. The maximum absolute atomic E-state index is 12.1. The Hall–Kier alpha value is -1.86. The number of benzene rings is 1. The molecule has 0 bridgehead atoms. The van der Waals surface area contributed by atoms with Crippen molar-refractivity contribution in [2.75, 3.05) is 11.9 Å². The predicted molar refractivity (Wildman–Crippen MR) is 86.2 cm³/mol. The van der Waals surface area contributed by atoms with Gasteiger partial charge in [0.15, 0.2) is 0 Å². The average molecular weight is 384 g/mol. The number of anilines is 1. The molecule has 0 spiro atoms. The fourth-order valence-electron chi connectivity index (χ4n) is 2.23. The zero-order valence-electron chi connectivity index (χ0n) is 11.3. The number of rotatable bonds is 2. The van der Waals surface area contributed by atoms with E-state index in [1.54, 1.807) is 18.3 Å². The molecule has 22 heavy (non-hydrogen) atoms. The van der Waals surface area contributed by atoms with Crippen LogP contribution in [0.4, 0.5) is 10.7 Å². The van der Waals surface area contributed by atoms with E-state index in [0.29, 0.717) is 28.4 Å². The van der Waals surface area contributed by atoms with Crippen LogP contribution in [0, 0.1) is 0 Å². The molecule has 0 aliphatic carbocycles. The summed E-state index contributed by atoms with van der Waals surface area (Å²) in [5.41, 5.74) is 0.865. The van der Waals surface area contributed by atoms with Crippen LogP contribution in [0.15, 0.2) is 35.1 Å². The van der Waals surface area contributed by atoms with Gasteiger partial charge in [0, 0.05) is 18.2 Å². The van der Waals surface area contributed by atoms with Gasteiger partial charge in [-0.05, 0) is 28.1 Å². The number of hydrogen-bond acceptors (Lipinski definition) is 4. The van der Waals surface area contributed by atoms with Crippen LogP contribution >= 0.6 is 27.5 Å². The summed E-state index contributed by atoms with van der Waals surface area (Å²) in [4.78, 5) is 20.1. The van der Waals surface area contributed by atoms with Gasteiger partial charge in [-0.1, -0.05) is 23.7 Å². The lowest BCUT2D eigenvalue weighted by Crippen LogP contribution is -2.35. The van der Waals surface area contributed by atoms with Gasteiger partial charge in [-0.25, -0.2) is 14.8 Å². The van der Waals surface area contributed by atoms with Crippen molar-refractivity contribution in [3.05, 3.63) is 45.7 Å². The van der Waals surface area contributed by atoms with E-state index in [2.05, 4.69) is 36.5 Å². The van der Waals surface area contributed by atoms with Crippen molar-refractivity contribution in [3.8, 4) is 5.75 Å². The molecule has 2 amide bonds. The van der Waals surface area contributed by atoms with Gasteiger partial charge in [0.1, 0.15) is 10.4 Å². The van der Waals surface area contributed by atoms with Crippen LogP contribution in [0.1, 0.15) is 18.0 Å².